The molecule has 6 nitrogen and oxygen atoms in total. The molecule has 0 aliphatic carbocycles. The van der Waals surface area contributed by atoms with Crippen molar-refractivity contribution in [1.82, 2.24) is 20.0 Å². The van der Waals surface area contributed by atoms with Crippen molar-refractivity contribution in [3.63, 3.8) is 0 Å². The summed E-state index contributed by atoms with van der Waals surface area (Å²) in [7, 11) is 0. The zero-order valence-corrected chi connectivity index (χ0v) is 15.2. The second kappa shape index (κ2) is 8.01. The molecule has 0 saturated heterocycles. The Bertz CT molecular complexity index is 1080. The molecule has 0 aliphatic rings. The van der Waals surface area contributed by atoms with Gasteiger partial charge in [0.2, 0.25) is 5.89 Å². The van der Waals surface area contributed by atoms with E-state index in [0.29, 0.717) is 16.8 Å². The van der Waals surface area contributed by atoms with E-state index in [2.05, 4.69) is 15.3 Å². The second-order valence-corrected chi connectivity index (χ2v) is 6.74. The maximum Gasteiger partial charge on any atom is 0.276 e. The molecule has 134 valence electrons. The van der Waals surface area contributed by atoms with Crippen molar-refractivity contribution in [2.75, 3.05) is 0 Å². The van der Waals surface area contributed by atoms with Crippen LogP contribution in [0.1, 0.15) is 11.5 Å². The molecule has 0 aliphatic heterocycles. The maximum absolute atomic E-state index is 12.1. The van der Waals surface area contributed by atoms with E-state index in [-0.39, 0.29) is 12.1 Å². The van der Waals surface area contributed by atoms with E-state index in [1.54, 1.807) is 6.07 Å². The van der Waals surface area contributed by atoms with Crippen molar-refractivity contribution < 1.29 is 4.42 Å². The lowest BCUT2D eigenvalue weighted by Gasteiger charge is -2.04. The number of thioether (sulfide) groups is 1. The molecule has 4 rings (SSSR count). The number of hydrogen-bond donors (Lipinski definition) is 0. The molecule has 0 fully saturated rings. The van der Waals surface area contributed by atoms with E-state index in [1.807, 2.05) is 60.7 Å². The molecule has 0 N–H and O–H groups in total. The molecule has 0 spiro atoms. The summed E-state index contributed by atoms with van der Waals surface area (Å²) in [6.07, 6.45) is 0. The molecule has 2 aromatic heterocycles. The van der Waals surface area contributed by atoms with Crippen molar-refractivity contribution in [1.29, 1.82) is 0 Å². The fourth-order valence-corrected chi connectivity index (χ4v) is 3.27. The fourth-order valence-electron chi connectivity index (χ4n) is 2.53. The third-order valence-electron chi connectivity index (χ3n) is 3.87. The van der Waals surface area contributed by atoms with Crippen LogP contribution in [0.15, 0.2) is 87.2 Å². The van der Waals surface area contributed by atoms with Gasteiger partial charge in [0.1, 0.15) is 6.54 Å². The first kappa shape index (κ1) is 17.2. The van der Waals surface area contributed by atoms with Crippen molar-refractivity contribution in [2.24, 2.45) is 0 Å². The van der Waals surface area contributed by atoms with Crippen LogP contribution in [0.25, 0.3) is 11.3 Å². The van der Waals surface area contributed by atoms with Crippen LogP contribution in [0.5, 0.6) is 0 Å². The molecule has 0 bridgehead atoms. The maximum atomic E-state index is 12.1. The molecule has 4 aromatic rings. The molecule has 0 atom stereocenters. The van der Waals surface area contributed by atoms with Crippen LogP contribution < -0.4 is 5.56 Å². The van der Waals surface area contributed by atoms with Crippen molar-refractivity contribution in [3.05, 3.63) is 94.6 Å². The first-order chi connectivity index (χ1) is 13.3. The first-order valence-electron chi connectivity index (χ1n) is 8.40. The fraction of sp³-hybridized carbons (Fsp3) is 0.100. The lowest BCUT2D eigenvalue weighted by atomic mass is 10.1. The Hall–Kier alpha value is -3.19. The van der Waals surface area contributed by atoms with Crippen molar-refractivity contribution in [2.45, 2.75) is 17.5 Å². The third kappa shape index (κ3) is 4.32. The summed E-state index contributed by atoms with van der Waals surface area (Å²) in [6.45, 7) is 0.137. The highest BCUT2D eigenvalue weighted by molar-refractivity contribution is 7.98. The normalized spacial score (nSPS) is 10.8. The van der Waals surface area contributed by atoms with Crippen LogP contribution in [0.2, 0.25) is 0 Å². The van der Waals surface area contributed by atoms with Crippen molar-refractivity contribution >= 4 is 11.8 Å². The first-order valence-corrected chi connectivity index (χ1v) is 9.39. The topological polar surface area (TPSA) is 73.8 Å². The summed E-state index contributed by atoms with van der Waals surface area (Å²) < 4.78 is 6.99. The molecule has 2 aromatic carbocycles. The van der Waals surface area contributed by atoms with Crippen LogP contribution in [0.4, 0.5) is 0 Å². The minimum atomic E-state index is -0.216. The lowest BCUT2D eigenvalue weighted by molar-refractivity contribution is 0.394. The summed E-state index contributed by atoms with van der Waals surface area (Å²) in [6, 6.07) is 23.0. The van der Waals surface area contributed by atoms with Gasteiger partial charge in [-0.25, -0.2) is 4.68 Å². The Morgan fingerprint density at radius 1 is 0.889 bits per heavy atom. The van der Waals surface area contributed by atoms with Gasteiger partial charge in [0, 0.05) is 17.4 Å². The standard InChI is InChI=1S/C20H16N4O2S/c25-19-12-11-17(16-9-5-2-6-10-16)23-24(19)13-18-21-22-20(26-18)27-14-15-7-3-1-4-8-15/h1-12H,13-14H2. The Balaban J connectivity index is 1.48. The average Bonchev–Trinajstić information content (AvgIpc) is 3.17. The van der Waals surface area contributed by atoms with Crippen LogP contribution in [-0.4, -0.2) is 20.0 Å². The smallest absolute Gasteiger partial charge is 0.276 e. The van der Waals surface area contributed by atoms with E-state index in [4.69, 9.17) is 4.42 Å². The number of aromatic nitrogens is 4. The molecule has 2 heterocycles. The largest absolute Gasteiger partial charge is 0.414 e. The molecule has 0 unspecified atom stereocenters. The summed E-state index contributed by atoms with van der Waals surface area (Å²) in [5.74, 6) is 1.09. The molecular formula is C20H16N4O2S. The summed E-state index contributed by atoms with van der Waals surface area (Å²) >= 11 is 1.46. The number of nitrogens with zero attached hydrogens (tertiary/aromatic N) is 4. The zero-order chi connectivity index (χ0) is 18.5. The van der Waals surface area contributed by atoms with Crippen LogP contribution in [-0.2, 0) is 12.3 Å². The minimum Gasteiger partial charge on any atom is -0.414 e. The zero-order valence-electron chi connectivity index (χ0n) is 14.4. The van der Waals surface area contributed by atoms with E-state index in [9.17, 15) is 4.79 Å². The molecule has 0 saturated carbocycles. The van der Waals surface area contributed by atoms with Crippen LogP contribution in [0, 0.1) is 0 Å². The van der Waals surface area contributed by atoms with Gasteiger partial charge < -0.3 is 4.42 Å². The Labute approximate surface area is 159 Å². The SMILES string of the molecule is O=c1ccc(-c2ccccc2)nn1Cc1nnc(SCc2ccccc2)o1. The van der Waals surface area contributed by atoms with Gasteiger partial charge in [0.25, 0.3) is 10.8 Å². The highest BCUT2D eigenvalue weighted by Gasteiger charge is 2.10. The van der Waals surface area contributed by atoms with E-state index in [1.165, 1.54) is 28.1 Å². The quantitative estimate of drug-likeness (QED) is 0.479. The van der Waals surface area contributed by atoms with Gasteiger partial charge in [0.05, 0.1) is 5.69 Å². The number of benzene rings is 2. The Morgan fingerprint density at radius 2 is 1.63 bits per heavy atom. The van der Waals surface area contributed by atoms with Gasteiger partial charge in [-0.15, -0.1) is 10.2 Å². The highest BCUT2D eigenvalue weighted by atomic mass is 32.2. The molecule has 27 heavy (non-hydrogen) atoms. The van der Waals surface area contributed by atoms with Gasteiger partial charge >= 0.3 is 0 Å². The monoisotopic (exact) mass is 376 g/mol. The van der Waals surface area contributed by atoms with Gasteiger partial charge in [0.15, 0.2) is 0 Å². The van der Waals surface area contributed by atoms with Crippen molar-refractivity contribution in [3.8, 4) is 11.3 Å². The lowest BCUT2D eigenvalue weighted by Crippen LogP contribution is -2.23. The van der Waals surface area contributed by atoms with Crippen LogP contribution in [0.3, 0.4) is 0 Å². The average molecular weight is 376 g/mol. The Morgan fingerprint density at radius 3 is 2.41 bits per heavy atom. The van der Waals surface area contributed by atoms with E-state index >= 15 is 0 Å². The summed E-state index contributed by atoms with van der Waals surface area (Å²) in [5, 5.41) is 13.0. The highest BCUT2D eigenvalue weighted by Crippen LogP contribution is 2.21. The summed E-state index contributed by atoms with van der Waals surface area (Å²) in [5.41, 5.74) is 2.62. The van der Waals surface area contributed by atoms with E-state index in [0.717, 1.165) is 11.3 Å². The number of rotatable bonds is 6. The van der Waals surface area contributed by atoms with Crippen LogP contribution >= 0.6 is 11.8 Å². The molecular weight excluding hydrogens is 360 g/mol. The molecule has 7 heteroatoms. The van der Waals surface area contributed by atoms with Gasteiger partial charge in [-0.3, -0.25) is 4.79 Å². The van der Waals surface area contributed by atoms with Gasteiger partial charge in [-0.05, 0) is 11.6 Å². The van der Waals surface area contributed by atoms with Gasteiger partial charge in [-0.1, -0.05) is 72.4 Å². The number of hydrogen-bond acceptors (Lipinski definition) is 6. The second-order valence-electron chi connectivity index (χ2n) is 5.82. The predicted octanol–water partition coefficient (Wildman–Crippen LogP) is 3.63. The Kier molecular flexibility index (Phi) is 5.11. The minimum absolute atomic E-state index is 0.137. The molecule has 0 radical (unpaired) electrons. The van der Waals surface area contributed by atoms with E-state index < -0.39 is 0 Å². The predicted molar refractivity (Wildman–Crippen MR) is 103 cm³/mol. The summed E-state index contributed by atoms with van der Waals surface area (Å²) in [4.78, 5) is 12.1. The van der Waals surface area contributed by atoms with Gasteiger partial charge in [-0.2, -0.15) is 5.10 Å². The third-order valence-corrected chi connectivity index (χ3v) is 4.76. The molecule has 0 amide bonds.